The Balaban J connectivity index is 2.47. The molecular formula is C12H16F3N3O. The Kier molecular flexibility index (Phi) is 5.17. The number of hydrazine groups is 1. The van der Waals surface area contributed by atoms with Gasteiger partial charge in [0.05, 0.1) is 5.56 Å². The van der Waals surface area contributed by atoms with E-state index in [1.54, 1.807) is 0 Å². The first-order chi connectivity index (χ1) is 8.79. The number of carbonyl (C=O) groups excluding carboxylic acids is 1. The summed E-state index contributed by atoms with van der Waals surface area (Å²) >= 11 is 0. The summed E-state index contributed by atoms with van der Waals surface area (Å²) in [6, 6.07) is 3.70. The van der Waals surface area contributed by atoms with Crippen LogP contribution in [0.25, 0.3) is 0 Å². The van der Waals surface area contributed by atoms with E-state index >= 15 is 0 Å². The second-order valence-corrected chi connectivity index (χ2v) is 4.43. The van der Waals surface area contributed by atoms with Gasteiger partial charge in [-0.3, -0.25) is 5.43 Å². The van der Waals surface area contributed by atoms with Crippen molar-refractivity contribution in [3.63, 3.8) is 0 Å². The van der Waals surface area contributed by atoms with Crippen LogP contribution in [0.15, 0.2) is 24.3 Å². The van der Waals surface area contributed by atoms with Crippen LogP contribution in [-0.4, -0.2) is 12.6 Å². The maximum Gasteiger partial charge on any atom is 0.416 e. The molecule has 0 unspecified atom stereocenters. The highest BCUT2D eigenvalue weighted by atomic mass is 19.4. The SMILES string of the molecule is CC(C)CNNC(=O)Nc1ccc(C(F)(F)F)cc1. The average Bonchev–Trinajstić information content (AvgIpc) is 2.27. The lowest BCUT2D eigenvalue weighted by molar-refractivity contribution is -0.137. The first kappa shape index (κ1) is 15.3. The van der Waals surface area contributed by atoms with E-state index in [1.165, 1.54) is 12.1 Å². The molecule has 0 aliphatic rings. The summed E-state index contributed by atoms with van der Waals surface area (Å²) in [6.45, 7) is 4.55. The van der Waals surface area contributed by atoms with E-state index < -0.39 is 17.8 Å². The van der Waals surface area contributed by atoms with Gasteiger partial charge in [0.25, 0.3) is 0 Å². The van der Waals surface area contributed by atoms with Gasteiger partial charge in [-0.25, -0.2) is 10.2 Å². The van der Waals surface area contributed by atoms with Gasteiger partial charge >= 0.3 is 12.2 Å². The maximum absolute atomic E-state index is 12.3. The summed E-state index contributed by atoms with van der Waals surface area (Å²) in [5.41, 5.74) is 4.62. The lowest BCUT2D eigenvalue weighted by Gasteiger charge is -2.11. The molecule has 0 saturated carbocycles. The number of anilines is 1. The molecule has 3 N–H and O–H groups in total. The van der Waals surface area contributed by atoms with Gasteiger partial charge in [-0.1, -0.05) is 13.8 Å². The highest BCUT2D eigenvalue weighted by Gasteiger charge is 2.29. The van der Waals surface area contributed by atoms with Crippen LogP contribution in [0.2, 0.25) is 0 Å². The third-order valence-corrected chi connectivity index (χ3v) is 2.18. The Morgan fingerprint density at radius 1 is 1.21 bits per heavy atom. The highest BCUT2D eigenvalue weighted by molar-refractivity contribution is 5.88. The van der Waals surface area contributed by atoms with Crippen LogP contribution in [0.4, 0.5) is 23.7 Å². The second kappa shape index (κ2) is 6.42. The zero-order valence-corrected chi connectivity index (χ0v) is 10.6. The van der Waals surface area contributed by atoms with Crippen LogP contribution in [0, 0.1) is 5.92 Å². The Labute approximate surface area is 109 Å². The zero-order chi connectivity index (χ0) is 14.5. The number of nitrogens with one attached hydrogen (secondary N) is 3. The minimum atomic E-state index is -4.38. The van der Waals surface area contributed by atoms with Gasteiger partial charge in [0.2, 0.25) is 0 Å². The Morgan fingerprint density at radius 2 is 1.79 bits per heavy atom. The molecule has 0 heterocycles. The fraction of sp³-hybridized carbons (Fsp3) is 0.417. The van der Waals surface area contributed by atoms with Crippen molar-refractivity contribution in [1.29, 1.82) is 0 Å². The van der Waals surface area contributed by atoms with E-state index in [0.717, 1.165) is 12.1 Å². The molecule has 0 aliphatic carbocycles. The third-order valence-electron chi connectivity index (χ3n) is 2.18. The number of halogens is 3. The molecule has 0 aliphatic heterocycles. The fourth-order valence-electron chi connectivity index (χ4n) is 1.24. The van der Waals surface area contributed by atoms with Crippen molar-refractivity contribution in [3.05, 3.63) is 29.8 Å². The average molecular weight is 275 g/mol. The van der Waals surface area contributed by atoms with E-state index in [0.29, 0.717) is 12.5 Å². The molecule has 0 fully saturated rings. The monoisotopic (exact) mass is 275 g/mol. The molecule has 1 rings (SSSR count). The molecule has 1 aromatic carbocycles. The molecule has 19 heavy (non-hydrogen) atoms. The maximum atomic E-state index is 12.3. The van der Waals surface area contributed by atoms with Gasteiger partial charge in [0, 0.05) is 12.2 Å². The first-order valence-electron chi connectivity index (χ1n) is 5.76. The van der Waals surface area contributed by atoms with Gasteiger partial charge in [-0.2, -0.15) is 13.2 Å². The van der Waals surface area contributed by atoms with Gasteiger partial charge in [-0.15, -0.1) is 0 Å². The van der Waals surface area contributed by atoms with E-state index in [1.807, 2.05) is 13.8 Å². The summed E-state index contributed by atoms with van der Waals surface area (Å²) in [5, 5.41) is 2.41. The molecular weight excluding hydrogens is 259 g/mol. The van der Waals surface area contributed by atoms with E-state index in [4.69, 9.17) is 0 Å². The number of alkyl halides is 3. The van der Waals surface area contributed by atoms with Crippen molar-refractivity contribution in [3.8, 4) is 0 Å². The quantitative estimate of drug-likeness (QED) is 0.740. The van der Waals surface area contributed by atoms with Crippen LogP contribution in [0.1, 0.15) is 19.4 Å². The molecule has 106 valence electrons. The van der Waals surface area contributed by atoms with E-state index in [-0.39, 0.29) is 5.69 Å². The van der Waals surface area contributed by atoms with E-state index in [9.17, 15) is 18.0 Å². The van der Waals surface area contributed by atoms with Crippen LogP contribution < -0.4 is 16.2 Å². The number of rotatable bonds is 4. The lowest BCUT2D eigenvalue weighted by Crippen LogP contribution is -2.41. The van der Waals surface area contributed by atoms with Crippen LogP contribution in [0.5, 0.6) is 0 Å². The van der Waals surface area contributed by atoms with E-state index in [2.05, 4.69) is 16.2 Å². The third kappa shape index (κ3) is 5.60. The molecule has 0 saturated heterocycles. The predicted molar refractivity (Wildman–Crippen MR) is 66.4 cm³/mol. The number of amides is 2. The number of hydrogen-bond acceptors (Lipinski definition) is 2. The molecule has 0 atom stereocenters. The van der Waals surface area contributed by atoms with Crippen molar-refractivity contribution in [2.45, 2.75) is 20.0 Å². The Bertz CT molecular complexity index is 415. The number of hydrogen-bond donors (Lipinski definition) is 3. The minimum Gasteiger partial charge on any atom is -0.307 e. The lowest BCUT2D eigenvalue weighted by atomic mass is 10.2. The predicted octanol–water partition coefficient (Wildman–Crippen LogP) is 2.99. The van der Waals surface area contributed by atoms with Crippen LogP contribution in [0.3, 0.4) is 0 Å². The smallest absolute Gasteiger partial charge is 0.307 e. The van der Waals surface area contributed by atoms with Crippen molar-refractivity contribution in [1.82, 2.24) is 10.9 Å². The molecule has 0 spiro atoms. The first-order valence-corrected chi connectivity index (χ1v) is 5.76. The highest BCUT2D eigenvalue weighted by Crippen LogP contribution is 2.29. The second-order valence-electron chi connectivity index (χ2n) is 4.43. The summed E-state index contributed by atoms with van der Waals surface area (Å²) in [7, 11) is 0. The molecule has 0 radical (unpaired) electrons. The standard InChI is InChI=1S/C12H16F3N3O/c1-8(2)7-16-18-11(19)17-10-5-3-9(4-6-10)12(13,14)15/h3-6,8,16H,7H2,1-2H3,(H2,17,18,19). The van der Waals surface area contributed by atoms with Crippen LogP contribution in [-0.2, 0) is 6.18 Å². The largest absolute Gasteiger partial charge is 0.416 e. The number of benzene rings is 1. The summed E-state index contributed by atoms with van der Waals surface area (Å²) in [5.74, 6) is 0.367. The topological polar surface area (TPSA) is 53.2 Å². The van der Waals surface area contributed by atoms with Crippen LogP contribution >= 0.6 is 0 Å². The number of carbonyl (C=O) groups is 1. The van der Waals surface area contributed by atoms with Gasteiger partial charge in [0.15, 0.2) is 0 Å². The summed E-state index contributed by atoms with van der Waals surface area (Å²) in [6.07, 6.45) is -4.38. The van der Waals surface area contributed by atoms with Crippen molar-refractivity contribution in [2.24, 2.45) is 5.92 Å². The zero-order valence-electron chi connectivity index (χ0n) is 10.6. The molecule has 2 amide bonds. The molecule has 1 aromatic rings. The number of urea groups is 1. The normalized spacial score (nSPS) is 11.5. The Hall–Kier alpha value is -1.76. The van der Waals surface area contributed by atoms with Crippen molar-refractivity contribution >= 4 is 11.7 Å². The fourth-order valence-corrected chi connectivity index (χ4v) is 1.24. The van der Waals surface area contributed by atoms with Gasteiger partial charge in [-0.05, 0) is 30.2 Å². The Morgan fingerprint density at radius 3 is 2.26 bits per heavy atom. The summed E-state index contributed by atoms with van der Waals surface area (Å²) < 4.78 is 36.9. The molecule has 7 heteroatoms. The van der Waals surface area contributed by atoms with Gasteiger partial charge < -0.3 is 5.32 Å². The van der Waals surface area contributed by atoms with Gasteiger partial charge in [0.1, 0.15) is 0 Å². The van der Waals surface area contributed by atoms with Crippen molar-refractivity contribution < 1.29 is 18.0 Å². The minimum absolute atomic E-state index is 0.289. The summed E-state index contributed by atoms with van der Waals surface area (Å²) in [4.78, 5) is 11.4. The molecule has 4 nitrogen and oxygen atoms in total. The molecule has 0 bridgehead atoms. The van der Waals surface area contributed by atoms with Crippen molar-refractivity contribution in [2.75, 3.05) is 11.9 Å². The molecule has 0 aromatic heterocycles.